The lowest BCUT2D eigenvalue weighted by Crippen LogP contribution is -2.37. The Kier molecular flexibility index (Phi) is 18.3. The van der Waals surface area contributed by atoms with Gasteiger partial charge in [-0.25, -0.2) is 4.79 Å². The molecule has 0 aliphatic carbocycles. The van der Waals surface area contributed by atoms with Gasteiger partial charge in [0.2, 0.25) is 11.8 Å². The first-order valence-electron chi connectivity index (χ1n) is 19.7. The van der Waals surface area contributed by atoms with Gasteiger partial charge < -0.3 is 30.3 Å². The summed E-state index contributed by atoms with van der Waals surface area (Å²) in [7, 11) is 0. The monoisotopic (exact) mass is 748 g/mol. The van der Waals surface area contributed by atoms with Gasteiger partial charge >= 0.3 is 6.09 Å². The molecule has 4 rings (SSSR count). The van der Waals surface area contributed by atoms with Crippen LogP contribution in [0.4, 0.5) is 4.79 Å². The Bertz CT molecular complexity index is 1770. The van der Waals surface area contributed by atoms with Gasteiger partial charge in [-0.15, -0.1) is 0 Å². The Morgan fingerprint density at radius 3 is 1.84 bits per heavy atom. The molecule has 0 aromatic heterocycles. The van der Waals surface area contributed by atoms with Crippen molar-refractivity contribution in [2.75, 3.05) is 39.3 Å². The maximum absolute atomic E-state index is 13.4. The minimum atomic E-state index is -0.382. The third-order valence-electron chi connectivity index (χ3n) is 9.80. The van der Waals surface area contributed by atoms with Crippen LogP contribution < -0.4 is 15.8 Å². The lowest BCUT2D eigenvalue weighted by atomic mass is 10.0. The third kappa shape index (κ3) is 15.6. The molecule has 0 fully saturated rings. The third-order valence-corrected chi connectivity index (χ3v) is 9.80. The average Bonchev–Trinajstić information content (AvgIpc) is 3.20. The molecule has 55 heavy (non-hydrogen) atoms. The number of benzene rings is 4. The molecule has 0 spiro atoms. The van der Waals surface area contributed by atoms with Crippen molar-refractivity contribution in [1.82, 2.24) is 15.1 Å². The van der Waals surface area contributed by atoms with Crippen molar-refractivity contribution < 1.29 is 23.9 Å². The Hall–Kier alpha value is -5.15. The van der Waals surface area contributed by atoms with E-state index in [1.807, 2.05) is 84.6 Å². The van der Waals surface area contributed by atoms with E-state index in [2.05, 4.69) is 43.4 Å². The Morgan fingerprint density at radius 2 is 1.18 bits per heavy atom. The van der Waals surface area contributed by atoms with Crippen LogP contribution in [-0.2, 0) is 40.4 Å². The fourth-order valence-electron chi connectivity index (χ4n) is 6.33. The number of carbonyl (C=O) groups excluding carboxylic acids is 3. The summed E-state index contributed by atoms with van der Waals surface area (Å²) in [4.78, 5) is 42.8. The van der Waals surface area contributed by atoms with Gasteiger partial charge in [-0.1, -0.05) is 91.0 Å². The van der Waals surface area contributed by atoms with Crippen molar-refractivity contribution in [2.45, 2.75) is 85.4 Å². The van der Waals surface area contributed by atoms with Gasteiger partial charge in [-0.05, 0) is 111 Å². The molecular formula is C46H60N4O5. The van der Waals surface area contributed by atoms with Gasteiger partial charge in [0.25, 0.3) is 0 Å². The molecule has 0 radical (unpaired) electrons. The van der Waals surface area contributed by atoms with Crippen molar-refractivity contribution in [1.29, 1.82) is 0 Å². The van der Waals surface area contributed by atoms with Crippen LogP contribution in [0.15, 0.2) is 97.1 Å². The van der Waals surface area contributed by atoms with E-state index in [1.54, 1.807) is 4.90 Å². The van der Waals surface area contributed by atoms with Gasteiger partial charge in [-0.2, -0.15) is 0 Å². The molecule has 0 heterocycles. The summed E-state index contributed by atoms with van der Waals surface area (Å²) in [6, 6.07) is 32.1. The molecule has 3 amide bonds. The minimum Gasteiger partial charge on any atom is -0.489 e. The number of nitrogens with one attached hydrogen (secondary N) is 1. The summed E-state index contributed by atoms with van der Waals surface area (Å²) in [5.41, 5.74) is 13.6. The molecule has 0 unspecified atom stereocenters. The summed E-state index contributed by atoms with van der Waals surface area (Å²) >= 11 is 0. The quantitative estimate of drug-likeness (QED) is 0.0747. The molecule has 0 aliphatic heterocycles. The van der Waals surface area contributed by atoms with Gasteiger partial charge in [0.1, 0.15) is 19.0 Å². The first-order valence-corrected chi connectivity index (χ1v) is 19.7. The summed E-state index contributed by atoms with van der Waals surface area (Å²) in [6.07, 6.45) is 4.55. The predicted octanol–water partition coefficient (Wildman–Crippen LogP) is 7.86. The number of nitrogens with two attached hydrogens (primary N) is 1. The average molecular weight is 749 g/mol. The first-order chi connectivity index (χ1) is 26.7. The van der Waals surface area contributed by atoms with E-state index >= 15 is 0 Å². The maximum Gasteiger partial charge on any atom is 0.410 e. The summed E-state index contributed by atoms with van der Waals surface area (Å²) < 4.78 is 11.7. The lowest BCUT2D eigenvalue weighted by molar-refractivity contribution is -0.131. The lowest BCUT2D eigenvalue weighted by Gasteiger charge is -2.25. The molecular weight excluding hydrogens is 689 g/mol. The standard InChI is InChI=1S/C46H60N4O5/c1-36-18-19-39(32-37(36)2)21-24-44(51)48-27-13-31-50(46(53)55-35-42-16-8-5-9-17-42)29-11-10-28-49(30-12-26-47)45(52)25-22-40-20-23-43(38(3)33-40)54-34-41-14-6-4-7-15-41/h4-9,14-20,23,32-33H,10-13,21-22,24-31,34-35,47H2,1-3H3,(H,48,51). The zero-order valence-electron chi connectivity index (χ0n) is 33.1. The molecule has 3 N–H and O–H groups in total. The van der Waals surface area contributed by atoms with Crippen molar-refractivity contribution in [3.8, 4) is 5.75 Å². The van der Waals surface area contributed by atoms with Crippen LogP contribution >= 0.6 is 0 Å². The van der Waals surface area contributed by atoms with Crippen LogP contribution in [0.1, 0.15) is 77.5 Å². The number of amides is 3. The minimum absolute atomic E-state index is 0.00123. The molecule has 0 aliphatic rings. The van der Waals surface area contributed by atoms with Gasteiger partial charge in [0.05, 0.1) is 0 Å². The molecule has 0 saturated carbocycles. The second-order valence-corrected chi connectivity index (χ2v) is 14.3. The van der Waals surface area contributed by atoms with Crippen LogP contribution in [0.2, 0.25) is 0 Å². The van der Waals surface area contributed by atoms with Crippen molar-refractivity contribution in [2.24, 2.45) is 5.73 Å². The Balaban J connectivity index is 1.23. The zero-order valence-corrected chi connectivity index (χ0v) is 33.1. The number of carbonyl (C=O) groups is 3. The predicted molar refractivity (Wildman–Crippen MR) is 220 cm³/mol. The highest BCUT2D eigenvalue weighted by molar-refractivity contribution is 5.76. The topological polar surface area (TPSA) is 114 Å². The van der Waals surface area contributed by atoms with E-state index in [-0.39, 0.29) is 24.5 Å². The maximum atomic E-state index is 13.4. The number of hydrogen-bond donors (Lipinski definition) is 2. The fraction of sp³-hybridized carbons (Fsp3) is 0.413. The summed E-state index contributed by atoms with van der Waals surface area (Å²) in [5.74, 6) is 0.941. The number of ether oxygens (including phenoxy) is 2. The highest BCUT2D eigenvalue weighted by atomic mass is 16.6. The second kappa shape index (κ2) is 23.6. The number of aryl methyl sites for hydroxylation is 5. The molecule has 294 valence electrons. The van der Waals surface area contributed by atoms with E-state index in [0.717, 1.165) is 46.4 Å². The Morgan fingerprint density at radius 1 is 0.600 bits per heavy atom. The van der Waals surface area contributed by atoms with E-state index < -0.39 is 0 Å². The van der Waals surface area contributed by atoms with Gasteiger partial charge in [-0.3, -0.25) is 9.59 Å². The number of nitrogens with zero attached hydrogens (tertiary/aromatic N) is 2. The van der Waals surface area contributed by atoms with Gasteiger partial charge in [0.15, 0.2) is 0 Å². The smallest absolute Gasteiger partial charge is 0.410 e. The second-order valence-electron chi connectivity index (χ2n) is 14.3. The number of unbranched alkanes of at least 4 members (excludes halogenated alkanes) is 1. The van der Waals surface area contributed by atoms with E-state index in [0.29, 0.717) is 84.4 Å². The van der Waals surface area contributed by atoms with E-state index in [9.17, 15) is 14.4 Å². The van der Waals surface area contributed by atoms with Crippen LogP contribution in [-0.4, -0.2) is 67.0 Å². The van der Waals surface area contributed by atoms with Crippen molar-refractivity contribution >= 4 is 17.9 Å². The van der Waals surface area contributed by atoms with Crippen LogP contribution in [0, 0.1) is 20.8 Å². The molecule has 4 aromatic rings. The van der Waals surface area contributed by atoms with Gasteiger partial charge in [0, 0.05) is 45.6 Å². The highest BCUT2D eigenvalue weighted by Crippen LogP contribution is 2.22. The van der Waals surface area contributed by atoms with Crippen LogP contribution in [0.25, 0.3) is 0 Å². The van der Waals surface area contributed by atoms with Crippen molar-refractivity contribution in [3.05, 3.63) is 136 Å². The van der Waals surface area contributed by atoms with E-state index in [4.69, 9.17) is 15.2 Å². The van der Waals surface area contributed by atoms with Crippen LogP contribution in [0.5, 0.6) is 5.75 Å². The molecule has 0 bridgehead atoms. The number of hydrogen-bond acceptors (Lipinski definition) is 6. The van der Waals surface area contributed by atoms with Crippen molar-refractivity contribution in [3.63, 3.8) is 0 Å². The van der Waals surface area contributed by atoms with E-state index in [1.165, 1.54) is 11.1 Å². The molecule has 9 nitrogen and oxygen atoms in total. The number of rotatable bonds is 23. The SMILES string of the molecule is Cc1ccc(CCC(=O)NCCCN(CCCCN(CCCN)C(=O)CCc2ccc(OCc3ccccc3)c(C)c2)C(=O)OCc2ccccc2)cc1C. The zero-order chi connectivity index (χ0) is 39.3. The molecule has 9 heteroatoms. The van der Waals surface area contributed by atoms with Crippen LogP contribution in [0.3, 0.4) is 0 Å². The fourth-order valence-corrected chi connectivity index (χ4v) is 6.33. The molecule has 4 aromatic carbocycles. The summed E-state index contributed by atoms with van der Waals surface area (Å²) in [5, 5.41) is 3.01. The molecule has 0 saturated heterocycles. The largest absolute Gasteiger partial charge is 0.489 e. The highest BCUT2D eigenvalue weighted by Gasteiger charge is 2.17. The first kappa shape index (κ1) is 42.6. The Labute approximate surface area is 328 Å². The normalized spacial score (nSPS) is 10.8. The molecule has 0 atom stereocenters. The summed E-state index contributed by atoms with van der Waals surface area (Å²) in [6.45, 7) is 10.0.